The molecule has 1 N–H and O–H groups in total. The molecule has 2 aromatic carbocycles. The summed E-state index contributed by atoms with van der Waals surface area (Å²) in [6.07, 6.45) is 0. The van der Waals surface area contributed by atoms with Gasteiger partial charge in [-0.2, -0.15) is 0 Å². The van der Waals surface area contributed by atoms with Crippen LogP contribution in [0.2, 0.25) is 5.02 Å². The molecule has 24 heavy (non-hydrogen) atoms. The highest BCUT2D eigenvalue weighted by Crippen LogP contribution is 2.40. The lowest BCUT2D eigenvalue weighted by atomic mass is 9.86. The van der Waals surface area contributed by atoms with Crippen molar-refractivity contribution in [3.8, 4) is 21.7 Å². The van der Waals surface area contributed by atoms with Crippen LogP contribution in [0.4, 0.5) is 5.13 Å². The first-order valence-corrected chi connectivity index (χ1v) is 9.13. The minimum absolute atomic E-state index is 0.145. The summed E-state index contributed by atoms with van der Waals surface area (Å²) in [5, 5.41) is 4.79. The van der Waals surface area contributed by atoms with Gasteiger partial charge in [-0.05, 0) is 28.7 Å². The largest absolute Gasteiger partial charge is 0.365 e. The molecule has 0 aliphatic heterocycles. The van der Waals surface area contributed by atoms with Crippen LogP contribution in [0, 0.1) is 0 Å². The lowest BCUT2D eigenvalue weighted by Crippen LogP contribution is -2.10. The Kier molecular flexibility index (Phi) is 4.66. The van der Waals surface area contributed by atoms with Crippen LogP contribution >= 0.6 is 22.9 Å². The van der Waals surface area contributed by atoms with Gasteiger partial charge in [-0.15, -0.1) is 0 Å². The quantitative estimate of drug-likeness (QED) is 0.581. The smallest absolute Gasteiger partial charge is 0.183 e. The van der Waals surface area contributed by atoms with E-state index >= 15 is 0 Å². The number of nitrogens with zero attached hydrogens (tertiary/aromatic N) is 1. The van der Waals surface area contributed by atoms with Crippen LogP contribution in [0.5, 0.6) is 0 Å². The van der Waals surface area contributed by atoms with Crippen LogP contribution < -0.4 is 5.32 Å². The number of thiazole rings is 1. The van der Waals surface area contributed by atoms with Gasteiger partial charge < -0.3 is 5.32 Å². The maximum Gasteiger partial charge on any atom is 0.183 e. The highest BCUT2D eigenvalue weighted by molar-refractivity contribution is 7.19. The second-order valence-electron chi connectivity index (χ2n) is 6.78. The zero-order valence-corrected chi connectivity index (χ0v) is 15.9. The van der Waals surface area contributed by atoms with Gasteiger partial charge in [0, 0.05) is 17.6 Å². The number of nitrogens with one attached hydrogen (secondary N) is 1. The summed E-state index contributed by atoms with van der Waals surface area (Å²) in [5.74, 6) is 0. The number of benzene rings is 2. The average Bonchev–Trinajstić information content (AvgIpc) is 2.98. The fraction of sp³-hybridized carbons (Fsp3) is 0.250. The van der Waals surface area contributed by atoms with Gasteiger partial charge in [0.15, 0.2) is 5.13 Å². The van der Waals surface area contributed by atoms with Gasteiger partial charge in [-0.3, -0.25) is 0 Å². The van der Waals surface area contributed by atoms with Crippen LogP contribution in [0.15, 0.2) is 48.5 Å². The van der Waals surface area contributed by atoms with E-state index in [1.165, 1.54) is 5.56 Å². The summed E-state index contributed by atoms with van der Waals surface area (Å²) in [6.45, 7) is 6.67. The average molecular weight is 357 g/mol. The van der Waals surface area contributed by atoms with Crippen molar-refractivity contribution in [2.24, 2.45) is 0 Å². The molecule has 0 spiro atoms. The maximum atomic E-state index is 6.17. The van der Waals surface area contributed by atoms with Gasteiger partial charge in [-0.25, -0.2) is 4.98 Å². The minimum Gasteiger partial charge on any atom is -0.365 e. The fourth-order valence-corrected chi connectivity index (χ4v) is 3.70. The number of aromatic nitrogens is 1. The van der Waals surface area contributed by atoms with E-state index in [1.807, 2.05) is 25.2 Å². The van der Waals surface area contributed by atoms with Crippen LogP contribution in [0.3, 0.4) is 0 Å². The standard InChI is InChI=1S/C20H21ClN2S/c1-20(2,3)15-10-8-13(9-11-15)17-18(24-19(22-4)23-17)14-6-5-7-16(21)12-14/h5-12H,1-4H3,(H,22,23). The Labute approximate surface area is 152 Å². The number of hydrogen-bond donors (Lipinski definition) is 1. The molecule has 124 valence electrons. The molecule has 0 saturated carbocycles. The van der Waals surface area contributed by atoms with E-state index in [1.54, 1.807) is 11.3 Å². The van der Waals surface area contributed by atoms with Crippen molar-refractivity contribution in [1.29, 1.82) is 0 Å². The molecule has 0 amide bonds. The predicted octanol–water partition coefficient (Wildman–Crippen LogP) is 6.47. The second kappa shape index (κ2) is 6.58. The molecule has 0 saturated heterocycles. The number of anilines is 1. The van der Waals surface area contributed by atoms with Crippen molar-refractivity contribution < 1.29 is 0 Å². The first kappa shape index (κ1) is 17.0. The lowest BCUT2D eigenvalue weighted by molar-refractivity contribution is 0.590. The molecule has 1 aromatic heterocycles. The van der Waals surface area contributed by atoms with Crippen molar-refractivity contribution in [2.75, 3.05) is 12.4 Å². The Morgan fingerprint density at radius 3 is 2.29 bits per heavy atom. The van der Waals surface area contributed by atoms with E-state index in [4.69, 9.17) is 16.6 Å². The number of halogens is 1. The zero-order valence-electron chi connectivity index (χ0n) is 14.4. The summed E-state index contributed by atoms with van der Waals surface area (Å²) in [7, 11) is 1.90. The summed E-state index contributed by atoms with van der Waals surface area (Å²) in [4.78, 5) is 5.89. The third-order valence-corrected chi connectivity index (χ3v) is 5.31. The van der Waals surface area contributed by atoms with Crippen molar-refractivity contribution in [2.45, 2.75) is 26.2 Å². The minimum atomic E-state index is 0.145. The Morgan fingerprint density at radius 1 is 1.00 bits per heavy atom. The number of rotatable bonds is 3. The molecule has 0 aliphatic rings. The Balaban J connectivity index is 2.09. The van der Waals surface area contributed by atoms with E-state index in [0.29, 0.717) is 0 Å². The van der Waals surface area contributed by atoms with Gasteiger partial charge in [0.2, 0.25) is 0 Å². The van der Waals surface area contributed by atoms with Crippen LogP contribution in [0.1, 0.15) is 26.3 Å². The number of hydrogen-bond acceptors (Lipinski definition) is 3. The van der Waals surface area contributed by atoms with Crippen molar-refractivity contribution in [3.63, 3.8) is 0 Å². The van der Waals surface area contributed by atoms with E-state index in [2.05, 4.69) is 56.4 Å². The second-order valence-corrected chi connectivity index (χ2v) is 8.22. The Morgan fingerprint density at radius 2 is 1.71 bits per heavy atom. The molecule has 0 atom stereocenters. The van der Waals surface area contributed by atoms with Gasteiger partial charge in [0.1, 0.15) is 0 Å². The third-order valence-electron chi connectivity index (χ3n) is 3.95. The van der Waals surface area contributed by atoms with Crippen LogP contribution in [-0.2, 0) is 5.41 Å². The molecular formula is C20H21ClN2S. The highest BCUT2D eigenvalue weighted by atomic mass is 35.5. The third kappa shape index (κ3) is 3.47. The SMILES string of the molecule is CNc1nc(-c2ccc(C(C)(C)C)cc2)c(-c2cccc(Cl)c2)s1. The highest BCUT2D eigenvalue weighted by Gasteiger charge is 2.17. The molecule has 2 nitrogen and oxygen atoms in total. The van der Waals surface area contributed by atoms with Gasteiger partial charge in [0.25, 0.3) is 0 Å². The molecule has 0 unspecified atom stereocenters. The van der Waals surface area contributed by atoms with Crippen LogP contribution in [-0.4, -0.2) is 12.0 Å². The molecule has 0 aliphatic carbocycles. The van der Waals surface area contributed by atoms with Crippen molar-refractivity contribution >= 4 is 28.1 Å². The Hall–Kier alpha value is -1.84. The predicted molar refractivity (Wildman–Crippen MR) is 106 cm³/mol. The van der Waals surface area contributed by atoms with Gasteiger partial charge in [0.05, 0.1) is 10.6 Å². The summed E-state index contributed by atoms with van der Waals surface area (Å²) in [5.41, 5.74) is 4.67. The van der Waals surface area contributed by atoms with Crippen molar-refractivity contribution in [1.82, 2.24) is 4.98 Å². The summed E-state index contributed by atoms with van der Waals surface area (Å²) >= 11 is 7.82. The van der Waals surface area contributed by atoms with E-state index in [9.17, 15) is 0 Å². The molecule has 1 heterocycles. The van der Waals surface area contributed by atoms with Crippen molar-refractivity contribution in [3.05, 3.63) is 59.1 Å². The molecule has 3 aromatic rings. The zero-order chi connectivity index (χ0) is 17.3. The Bertz CT molecular complexity index is 845. The van der Waals surface area contributed by atoms with Gasteiger partial charge in [-0.1, -0.05) is 80.1 Å². The van der Waals surface area contributed by atoms with E-state index in [-0.39, 0.29) is 5.41 Å². The topological polar surface area (TPSA) is 24.9 Å². The molecule has 0 bridgehead atoms. The first-order valence-electron chi connectivity index (χ1n) is 7.94. The van der Waals surface area contributed by atoms with Crippen LogP contribution in [0.25, 0.3) is 21.7 Å². The first-order chi connectivity index (χ1) is 11.4. The van der Waals surface area contributed by atoms with E-state index in [0.717, 1.165) is 31.9 Å². The lowest BCUT2D eigenvalue weighted by Gasteiger charge is -2.19. The monoisotopic (exact) mass is 356 g/mol. The molecule has 3 rings (SSSR count). The summed E-state index contributed by atoms with van der Waals surface area (Å²) < 4.78 is 0. The molecular weight excluding hydrogens is 336 g/mol. The summed E-state index contributed by atoms with van der Waals surface area (Å²) in [6, 6.07) is 16.6. The van der Waals surface area contributed by atoms with Gasteiger partial charge >= 0.3 is 0 Å². The molecule has 0 fully saturated rings. The normalized spacial score (nSPS) is 11.5. The maximum absolute atomic E-state index is 6.17. The fourth-order valence-electron chi connectivity index (χ4n) is 2.58. The molecule has 4 heteroatoms. The molecule has 0 radical (unpaired) electrons. The van der Waals surface area contributed by atoms with E-state index < -0.39 is 0 Å².